The van der Waals surface area contributed by atoms with E-state index in [-0.39, 0.29) is 12.5 Å². The van der Waals surface area contributed by atoms with Crippen LogP contribution in [-0.2, 0) is 4.79 Å². The first-order valence-electron chi connectivity index (χ1n) is 5.78. The molecule has 0 aliphatic heterocycles. The molecule has 1 heterocycles. The maximum atomic E-state index is 11.5. The van der Waals surface area contributed by atoms with E-state index in [0.29, 0.717) is 5.75 Å². The first-order chi connectivity index (χ1) is 9.25. The zero-order valence-electron chi connectivity index (χ0n) is 10.5. The lowest BCUT2D eigenvalue weighted by Crippen LogP contribution is -2.24. The van der Waals surface area contributed by atoms with Gasteiger partial charge in [0.05, 0.1) is 6.21 Å². The van der Waals surface area contributed by atoms with Crippen LogP contribution in [-0.4, -0.2) is 18.7 Å². The molecule has 4 nitrogen and oxygen atoms in total. The highest BCUT2D eigenvalue weighted by Crippen LogP contribution is 2.15. The van der Waals surface area contributed by atoms with Gasteiger partial charge < -0.3 is 4.74 Å². The van der Waals surface area contributed by atoms with Crippen LogP contribution in [0.5, 0.6) is 5.75 Å². The number of amides is 1. The summed E-state index contributed by atoms with van der Waals surface area (Å²) in [7, 11) is 0. The van der Waals surface area contributed by atoms with Crippen LogP contribution in [0.4, 0.5) is 0 Å². The number of hydrazone groups is 1. The van der Waals surface area contributed by atoms with E-state index in [9.17, 15) is 4.79 Å². The second-order valence-electron chi connectivity index (χ2n) is 3.90. The number of para-hydroxylation sites is 1. The highest BCUT2D eigenvalue weighted by Gasteiger charge is 2.02. The second-order valence-corrected chi connectivity index (χ2v) is 4.68. The Hall–Kier alpha value is -2.14. The molecule has 98 valence electrons. The fraction of sp³-hybridized carbons (Fsp3) is 0.143. The van der Waals surface area contributed by atoms with Gasteiger partial charge in [0.2, 0.25) is 0 Å². The highest BCUT2D eigenvalue weighted by atomic mass is 32.1. The number of nitrogens with one attached hydrogen (secondary N) is 1. The Morgan fingerprint density at radius 3 is 3.00 bits per heavy atom. The number of rotatable bonds is 5. The van der Waals surface area contributed by atoms with E-state index in [0.717, 1.165) is 11.1 Å². The van der Waals surface area contributed by atoms with Gasteiger partial charge in [0.15, 0.2) is 6.61 Å². The number of aryl methyl sites for hydroxylation is 1. The van der Waals surface area contributed by atoms with E-state index in [2.05, 4.69) is 10.5 Å². The summed E-state index contributed by atoms with van der Waals surface area (Å²) >= 11 is 1.58. The summed E-state index contributed by atoms with van der Waals surface area (Å²) in [5.74, 6) is 0.425. The van der Waals surface area contributed by atoms with Crippen molar-refractivity contribution in [3.8, 4) is 5.75 Å². The molecular formula is C14H14N2O2S. The molecule has 1 N–H and O–H groups in total. The molecule has 1 aromatic heterocycles. The Bertz CT molecular complexity index is 565. The van der Waals surface area contributed by atoms with Gasteiger partial charge in [-0.1, -0.05) is 18.2 Å². The summed E-state index contributed by atoms with van der Waals surface area (Å²) < 4.78 is 5.40. The number of carbonyl (C=O) groups excluding carboxylic acids is 1. The highest BCUT2D eigenvalue weighted by molar-refractivity contribution is 7.08. The number of carbonyl (C=O) groups is 1. The topological polar surface area (TPSA) is 50.7 Å². The third kappa shape index (κ3) is 4.22. The quantitative estimate of drug-likeness (QED) is 0.673. The lowest BCUT2D eigenvalue weighted by atomic mass is 10.2. The van der Waals surface area contributed by atoms with Crippen molar-refractivity contribution in [1.82, 2.24) is 5.43 Å². The minimum Gasteiger partial charge on any atom is -0.483 e. The Labute approximate surface area is 115 Å². The zero-order valence-corrected chi connectivity index (χ0v) is 11.3. The molecule has 0 saturated heterocycles. The van der Waals surface area contributed by atoms with Crippen molar-refractivity contribution in [2.45, 2.75) is 6.92 Å². The fourth-order valence-corrected chi connectivity index (χ4v) is 2.03. The maximum absolute atomic E-state index is 11.5. The molecule has 0 aliphatic rings. The van der Waals surface area contributed by atoms with E-state index in [1.807, 2.05) is 48.0 Å². The van der Waals surface area contributed by atoms with Crippen molar-refractivity contribution in [3.63, 3.8) is 0 Å². The van der Waals surface area contributed by atoms with E-state index in [1.165, 1.54) is 0 Å². The molecule has 1 amide bonds. The molecule has 0 bridgehead atoms. The summed E-state index contributed by atoms with van der Waals surface area (Å²) in [6.07, 6.45) is 1.60. The van der Waals surface area contributed by atoms with Crippen LogP contribution in [0.3, 0.4) is 0 Å². The van der Waals surface area contributed by atoms with Gasteiger partial charge in [0.1, 0.15) is 5.75 Å². The molecule has 0 aliphatic carbocycles. The fourth-order valence-electron chi connectivity index (χ4n) is 1.42. The number of ether oxygens (including phenoxy) is 1. The van der Waals surface area contributed by atoms with Gasteiger partial charge in [-0.3, -0.25) is 4.79 Å². The van der Waals surface area contributed by atoms with Crippen molar-refractivity contribution in [2.24, 2.45) is 5.10 Å². The number of nitrogens with zero attached hydrogens (tertiary/aromatic N) is 1. The largest absolute Gasteiger partial charge is 0.483 e. The molecule has 5 heteroatoms. The average molecular weight is 274 g/mol. The van der Waals surface area contributed by atoms with Crippen LogP contribution < -0.4 is 10.2 Å². The molecule has 0 saturated carbocycles. The summed E-state index contributed by atoms with van der Waals surface area (Å²) in [5, 5.41) is 7.74. The Morgan fingerprint density at radius 2 is 2.26 bits per heavy atom. The van der Waals surface area contributed by atoms with Crippen molar-refractivity contribution in [3.05, 3.63) is 52.2 Å². The Morgan fingerprint density at radius 1 is 1.42 bits per heavy atom. The SMILES string of the molecule is Cc1ccccc1OCC(=O)NN=Cc1ccsc1. The van der Waals surface area contributed by atoms with Crippen LogP contribution in [0.25, 0.3) is 0 Å². The third-order valence-corrected chi connectivity index (χ3v) is 3.10. The van der Waals surface area contributed by atoms with Gasteiger partial charge in [-0.05, 0) is 35.4 Å². The molecule has 0 radical (unpaired) electrons. The van der Waals surface area contributed by atoms with Crippen LogP contribution >= 0.6 is 11.3 Å². The summed E-state index contributed by atoms with van der Waals surface area (Å²) in [5.41, 5.74) is 4.38. The van der Waals surface area contributed by atoms with Crippen LogP contribution in [0.15, 0.2) is 46.2 Å². The average Bonchev–Trinajstić information content (AvgIpc) is 2.91. The van der Waals surface area contributed by atoms with E-state index in [1.54, 1.807) is 17.6 Å². The van der Waals surface area contributed by atoms with Crippen molar-refractivity contribution < 1.29 is 9.53 Å². The summed E-state index contributed by atoms with van der Waals surface area (Å²) in [4.78, 5) is 11.5. The molecule has 2 rings (SSSR count). The lowest BCUT2D eigenvalue weighted by Gasteiger charge is -2.07. The molecule has 2 aromatic rings. The monoisotopic (exact) mass is 274 g/mol. The van der Waals surface area contributed by atoms with Gasteiger partial charge in [-0.25, -0.2) is 5.43 Å². The molecule has 0 unspecified atom stereocenters. The standard InChI is InChI=1S/C14H14N2O2S/c1-11-4-2-3-5-13(11)18-9-14(17)16-15-8-12-6-7-19-10-12/h2-8,10H,9H2,1H3,(H,16,17). The second kappa shape index (κ2) is 6.70. The Balaban J connectivity index is 1.78. The van der Waals surface area contributed by atoms with Gasteiger partial charge in [0.25, 0.3) is 5.91 Å². The Kier molecular flexibility index (Phi) is 4.69. The maximum Gasteiger partial charge on any atom is 0.277 e. The first kappa shape index (κ1) is 13.3. The van der Waals surface area contributed by atoms with Crippen molar-refractivity contribution in [2.75, 3.05) is 6.61 Å². The zero-order chi connectivity index (χ0) is 13.5. The number of hydrogen-bond acceptors (Lipinski definition) is 4. The minimum atomic E-state index is -0.283. The molecule has 0 fully saturated rings. The van der Waals surface area contributed by atoms with E-state index < -0.39 is 0 Å². The normalized spacial score (nSPS) is 10.6. The van der Waals surface area contributed by atoms with Crippen LogP contribution in [0.1, 0.15) is 11.1 Å². The molecule has 0 spiro atoms. The van der Waals surface area contributed by atoms with Crippen molar-refractivity contribution in [1.29, 1.82) is 0 Å². The summed E-state index contributed by atoms with van der Waals surface area (Å²) in [6.45, 7) is 1.88. The van der Waals surface area contributed by atoms with Crippen LogP contribution in [0.2, 0.25) is 0 Å². The number of hydrogen-bond donors (Lipinski definition) is 1. The minimum absolute atomic E-state index is 0.0498. The van der Waals surface area contributed by atoms with E-state index in [4.69, 9.17) is 4.74 Å². The number of thiophene rings is 1. The molecule has 1 aromatic carbocycles. The van der Waals surface area contributed by atoms with E-state index >= 15 is 0 Å². The molecule has 19 heavy (non-hydrogen) atoms. The predicted molar refractivity (Wildman–Crippen MR) is 76.7 cm³/mol. The third-order valence-electron chi connectivity index (χ3n) is 2.40. The number of benzene rings is 1. The lowest BCUT2D eigenvalue weighted by molar-refractivity contribution is -0.123. The van der Waals surface area contributed by atoms with Crippen LogP contribution in [0, 0.1) is 6.92 Å². The first-order valence-corrected chi connectivity index (χ1v) is 6.72. The van der Waals surface area contributed by atoms with Gasteiger partial charge in [-0.15, -0.1) is 0 Å². The van der Waals surface area contributed by atoms with Gasteiger partial charge >= 0.3 is 0 Å². The predicted octanol–water partition coefficient (Wildman–Crippen LogP) is 2.59. The van der Waals surface area contributed by atoms with Gasteiger partial charge in [-0.2, -0.15) is 16.4 Å². The van der Waals surface area contributed by atoms with Crippen molar-refractivity contribution >= 4 is 23.5 Å². The van der Waals surface area contributed by atoms with Gasteiger partial charge in [0, 0.05) is 5.56 Å². The molecular weight excluding hydrogens is 260 g/mol. The molecule has 0 atom stereocenters. The smallest absolute Gasteiger partial charge is 0.277 e. The summed E-state index contributed by atoms with van der Waals surface area (Å²) in [6, 6.07) is 9.48.